The molecule has 0 saturated heterocycles. The normalized spacial score (nSPS) is 18.6. The first-order valence-electron chi connectivity index (χ1n) is 4.76. The molecule has 1 aromatic rings. The summed E-state index contributed by atoms with van der Waals surface area (Å²) in [6, 6.07) is 4.42. The third-order valence-electron chi connectivity index (χ3n) is 2.55. The van der Waals surface area contributed by atoms with Crippen LogP contribution in [0.3, 0.4) is 0 Å². The van der Waals surface area contributed by atoms with Crippen LogP contribution in [-0.2, 0) is 6.42 Å². The summed E-state index contributed by atoms with van der Waals surface area (Å²) in [5, 5.41) is 3.39. The second kappa shape index (κ2) is 3.40. The molecule has 0 bridgehead atoms. The lowest BCUT2D eigenvalue weighted by Gasteiger charge is -2.09. The quantitative estimate of drug-likeness (QED) is 0.779. The van der Waals surface area contributed by atoms with Crippen molar-refractivity contribution < 1.29 is 9.47 Å². The van der Waals surface area contributed by atoms with Crippen LogP contribution in [0.5, 0.6) is 11.5 Å². The van der Waals surface area contributed by atoms with Crippen molar-refractivity contribution in [3.63, 3.8) is 0 Å². The third kappa shape index (κ3) is 1.39. The van der Waals surface area contributed by atoms with Gasteiger partial charge in [0.2, 0.25) is 0 Å². The molecule has 0 radical (unpaired) electrons. The summed E-state index contributed by atoms with van der Waals surface area (Å²) in [5.41, 5.74) is 2.38. The highest BCUT2D eigenvalue weighted by Crippen LogP contribution is 2.37. The molecule has 0 aliphatic carbocycles. The second-order valence-corrected chi connectivity index (χ2v) is 3.61. The maximum atomic E-state index is 5.33. The van der Waals surface area contributed by atoms with E-state index in [1.165, 1.54) is 5.56 Å². The van der Waals surface area contributed by atoms with Crippen LogP contribution in [-0.4, -0.2) is 20.3 Å². The van der Waals surface area contributed by atoms with E-state index < -0.39 is 0 Å². The van der Waals surface area contributed by atoms with Crippen molar-refractivity contribution in [1.29, 1.82) is 0 Å². The molecule has 3 nitrogen and oxygen atoms in total. The Kier molecular flexibility index (Phi) is 2.23. The Morgan fingerprint density at radius 1 is 1.29 bits per heavy atom. The molecular weight excluding hydrogens is 178 g/mol. The van der Waals surface area contributed by atoms with Crippen LogP contribution in [0.1, 0.15) is 12.5 Å². The topological polar surface area (TPSA) is 30.5 Å². The van der Waals surface area contributed by atoms with E-state index >= 15 is 0 Å². The van der Waals surface area contributed by atoms with Crippen LogP contribution >= 0.6 is 0 Å². The molecule has 0 aromatic heterocycles. The van der Waals surface area contributed by atoms with E-state index in [0.29, 0.717) is 6.04 Å². The second-order valence-electron chi connectivity index (χ2n) is 3.61. The van der Waals surface area contributed by atoms with Gasteiger partial charge in [-0.1, -0.05) is 0 Å². The van der Waals surface area contributed by atoms with Crippen molar-refractivity contribution in [3.05, 3.63) is 17.7 Å². The number of anilines is 1. The van der Waals surface area contributed by atoms with E-state index in [1.54, 1.807) is 14.2 Å². The maximum absolute atomic E-state index is 5.33. The maximum Gasteiger partial charge on any atom is 0.127 e. The number of benzene rings is 1. The van der Waals surface area contributed by atoms with Crippen molar-refractivity contribution in [1.82, 2.24) is 0 Å². The SMILES string of the molecule is COc1cc2c(c(OC)c1)CC(C)N2. The number of nitrogens with one attached hydrogen (secondary N) is 1. The van der Waals surface area contributed by atoms with Gasteiger partial charge in [0.1, 0.15) is 11.5 Å². The average Bonchev–Trinajstić information content (AvgIpc) is 2.56. The fourth-order valence-electron chi connectivity index (χ4n) is 1.88. The van der Waals surface area contributed by atoms with Gasteiger partial charge in [-0.25, -0.2) is 0 Å². The molecule has 1 heterocycles. The Morgan fingerprint density at radius 3 is 2.71 bits per heavy atom. The lowest BCUT2D eigenvalue weighted by molar-refractivity contribution is 0.392. The van der Waals surface area contributed by atoms with Crippen LogP contribution in [0.2, 0.25) is 0 Å². The largest absolute Gasteiger partial charge is 0.497 e. The highest BCUT2D eigenvalue weighted by molar-refractivity contribution is 5.65. The Balaban J connectivity index is 2.46. The number of methoxy groups -OCH3 is 2. The van der Waals surface area contributed by atoms with Crippen LogP contribution in [0.4, 0.5) is 5.69 Å². The smallest absolute Gasteiger partial charge is 0.127 e. The summed E-state index contributed by atoms with van der Waals surface area (Å²) in [7, 11) is 3.36. The van der Waals surface area contributed by atoms with Gasteiger partial charge < -0.3 is 14.8 Å². The molecule has 76 valence electrons. The van der Waals surface area contributed by atoms with Gasteiger partial charge >= 0.3 is 0 Å². The van der Waals surface area contributed by atoms with Crippen LogP contribution in [0, 0.1) is 0 Å². The van der Waals surface area contributed by atoms with Crippen molar-refractivity contribution >= 4 is 5.69 Å². The molecule has 0 fully saturated rings. The van der Waals surface area contributed by atoms with Crippen LogP contribution in [0.25, 0.3) is 0 Å². The summed E-state index contributed by atoms with van der Waals surface area (Å²) < 4.78 is 10.5. The molecule has 0 saturated carbocycles. The molecule has 1 aliphatic rings. The van der Waals surface area contributed by atoms with Crippen LogP contribution < -0.4 is 14.8 Å². The first kappa shape index (κ1) is 9.19. The fourth-order valence-corrected chi connectivity index (χ4v) is 1.88. The van der Waals surface area contributed by atoms with E-state index in [1.807, 2.05) is 12.1 Å². The summed E-state index contributed by atoms with van der Waals surface area (Å²) in [5.74, 6) is 1.75. The molecule has 2 rings (SSSR count). The average molecular weight is 193 g/mol. The van der Waals surface area contributed by atoms with Crippen molar-refractivity contribution in [2.45, 2.75) is 19.4 Å². The molecule has 14 heavy (non-hydrogen) atoms. The van der Waals surface area contributed by atoms with E-state index in [9.17, 15) is 0 Å². The van der Waals surface area contributed by atoms with Crippen LogP contribution in [0.15, 0.2) is 12.1 Å². The molecule has 1 aromatic carbocycles. The van der Waals surface area contributed by atoms with E-state index in [4.69, 9.17) is 9.47 Å². The standard InChI is InChI=1S/C11H15NO2/c1-7-4-9-10(12-7)5-8(13-2)6-11(9)14-3/h5-7,12H,4H2,1-3H3. The molecule has 0 amide bonds. The Labute approximate surface area is 84.0 Å². The zero-order valence-corrected chi connectivity index (χ0v) is 8.76. The van der Waals surface area contributed by atoms with Gasteiger partial charge in [-0.3, -0.25) is 0 Å². The number of fused-ring (bicyclic) bond motifs is 1. The predicted octanol–water partition coefficient (Wildman–Crippen LogP) is 2.06. The van der Waals surface area contributed by atoms with E-state index in [2.05, 4.69) is 12.2 Å². The third-order valence-corrected chi connectivity index (χ3v) is 2.55. The van der Waals surface area contributed by atoms with E-state index in [0.717, 1.165) is 23.6 Å². The lowest BCUT2D eigenvalue weighted by atomic mass is 10.1. The number of ether oxygens (including phenoxy) is 2. The molecule has 1 aliphatic heterocycles. The number of hydrogen-bond donors (Lipinski definition) is 1. The first-order chi connectivity index (χ1) is 6.74. The van der Waals surface area contributed by atoms with E-state index in [-0.39, 0.29) is 0 Å². The summed E-state index contributed by atoms with van der Waals surface area (Å²) in [6.07, 6.45) is 1.02. The predicted molar refractivity (Wildman–Crippen MR) is 56.3 cm³/mol. The zero-order valence-electron chi connectivity index (χ0n) is 8.76. The monoisotopic (exact) mass is 193 g/mol. The van der Waals surface area contributed by atoms with Gasteiger partial charge in [0.25, 0.3) is 0 Å². The summed E-state index contributed by atoms with van der Waals surface area (Å²) >= 11 is 0. The Hall–Kier alpha value is -1.38. The summed E-state index contributed by atoms with van der Waals surface area (Å²) in [4.78, 5) is 0. The van der Waals surface area contributed by atoms with Crippen molar-refractivity contribution in [2.75, 3.05) is 19.5 Å². The number of hydrogen-bond acceptors (Lipinski definition) is 3. The number of rotatable bonds is 2. The Bertz CT molecular complexity index is 349. The molecule has 1 N–H and O–H groups in total. The highest BCUT2D eigenvalue weighted by Gasteiger charge is 2.21. The summed E-state index contributed by atoms with van der Waals surface area (Å²) in [6.45, 7) is 2.16. The van der Waals surface area contributed by atoms with Gasteiger partial charge in [-0.15, -0.1) is 0 Å². The molecule has 3 heteroatoms. The molecular formula is C11H15NO2. The van der Waals surface area contributed by atoms with Gasteiger partial charge in [0, 0.05) is 29.4 Å². The Morgan fingerprint density at radius 2 is 2.07 bits per heavy atom. The van der Waals surface area contributed by atoms with Gasteiger partial charge in [0.05, 0.1) is 14.2 Å². The molecule has 0 spiro atoms. The lowest BCUT2D eigenvalue weighted by Crippen LogP contribution is -2.08. The minimum Gasteiger partial charge on any atom is -0.497 e. The minimum atomic E-state index is 0.478. The molecule has 1 atom stereocenters. The molecule has 1 unspecified atom stereocenters. The van der Waals surface area contributed by atoms with Crippen molar-refractivity contribution in [2.24, 2.45) is 0 Å². The van der Waals surface area contributed by atoms with Gasteiger partial charge in [-0.2, -0.15) is 0 Å². The minimum absolute atomic E-state index is 0.478. The van der Waals surface area contributed by atoms with Gasteiger partial charge in [-0.05, 0) is 13.3 Å². The fraction of sp³-hybridized carbons (Fsp3) is 0.455. The highest BCUT2D eigenvalue weighted by atomic mass is 16.5. The van der Waals surface area contributed by atoms with Crippen molar-refractivity contribution in [3.8, 4) is 11.5 Å². The van der Waals surface area contributed by atoms with Gasteiger partial charge in [0.15, 0.2) is 0 Å². The zero-order chi connectivity index (χ0) is 10.1. The first-order valence-corrected chi connectivity index (χ1v) is 4.76.